The molecule has 1 aliphatic heterocycles. The summed E-state index contributed by atoms with van der Waals surface area (Å²) < 4.78 is 18.7. The minimum Gasteiger partial charge on any atom is -0.469 e. The van der Waals surface area contributed by atoms with E-state index in [4.69, 9.17) is 11.1 Å². The molecule has 2 aromatic rings. The lowest BCUT2D eigenvalue weighted by Crippen LogP contribution is -2.33. The Balaban J connectivity index is 0.00000300. The molecule has 0 unspecified atom stereocenters. The van der Waals surface area contributed by atoms with Crippen LogP contribution in [0.2, 0.25) is 0 Å². The lowest BCUT2D eigenvalue weighted by molar-refractivity contribution is -0.140. The Morgan fingerprint density at radius 1 is 1.17 bits per heavy atom. The summed E-state index contributed by atoms with van der Waals surface area (Å²) in [7, 11) is 1.32. The fourth-order valence-corrected chi connectivity index (χ4v) is 3.10. The first kappa shape index (κ1) is 22.2. The average molecular weight is 421 g/mol. The molecule has 2 aromatic carbocycles. The highest BCUT2D eigenvalue weighted by Crippen LogP contribution is 2.26. The van der Waals surface area contributed by atoms with Crippen molar-refractivity contribution in [2.45, 2.75) is 6.42 Å². The number of amides is 2. The molecule has 3 N–H and O–H groups in total. The number of rotatable bonds is 6. The van der Waals surface area contributed by atoms with Gasteiger partial charge in [0.15, 0.2) is 0 Å². The van der Waals surface area contributed by atoms with Crippen LogP contribution in [-0.4, -0.2) is 49.5 Å². The van der Waals surface area contributed by atoms with E-state index in [1.54, 1.807) is 28.0 Å². The highest BCUT2D eigenvalue weighted by Gasteiger charge is 2.29. The molecule has 1 fully saturated rings. The maximum atomic E-state index is 14.0. The van der Waals surface area contributed by atoms with Crippen molar-refractivity contribution in [3.05, 3.63) is 53.8 Å². The minimum absolute atomic E-state index is 0. The summed E-state index contributed by atoms with van der Waals surface area (Å²) in [6.45, 7) is 1.39. The first-order valence-electron chi connectivity index (χ1n) is 8.78. The highest BCUT2D eigenvalue weighted by molar-refractivity contribution is 5.96. The third-order valence-corrected chi connectivity index (χ3v) is 4.68. The number of urea groups is 1. The Morgan fingerprint density at radius 2 is 1.83 bits per heavy atom. The number of methoxy groups -OCH3 is 1. The Bertz CT molecular complexity index is 920. The third-order valence-electron chi connectivity index (χ3n) is 4.68. The largest absolute Gasteiger partial charge is 0.469 e. The smallest absolute Gasteiger partial charge is 0.324 e. The molecule has 9 heteroatoms. The second-order valence-corrected chi connectivity index (χ2v) is 6.40. The number of esters is 1. The molecule has 0 aliphatic carbocycles. The van der Waals surface area contributed by atoms with Crippen molar-refractivity contribution < 1.29 is 18.7 Å². The zero-order valence-electron chi connectivity index (χ0n) is 15.9. The van der Waals surface area contributed by atoms with Crippen molar-refractivity contribution in [1.29, 1.82) is 5.41 Å². The monoisotopic (exact) mass is 420 g/mol. The van der Waals surface area contributed by atoms with E-state index in [1.807, 2.05) is 12.1 Å². The van der Waals surface area contributed by atoms with Gasteiger partial charge in [0.25, 0.3) is 0 Å². The number of benzene rings is 2. The van der Waals surface area contributed by atoms with Crippen LogP contribution in [0.5, 0.6) is 0 Å². The van der Waals surface area contributed by atoms with Gasteiger partial charge in [0.2, 0.25) is 0 Å². The number of nitrogens with one attached hydrogen (secondary N) is 1. The molecule has 0 aromatic heterocycles. The summed E-state index contributed by atoms with van der Waals surface area (Å²) in [4.78, 5) is 27.0. The molecule has 0 atom stereocenters. The van der Waals surface area contributed by atoms with Crippen LogP contribution >= 0.6 is 12.4 Å². The van der Waals surface area contributed by atoms with Gasteiger partial charge >= 0.3 is 12.0 Å². The second kappa shape index (κ2) is 9.38. The maximum Gasteiger partial charge on any atom is 0.324 e. The SMILES string of the molecule is COC(=O)CCN1CCN(c2ccc(-c3ccc(C(=N)N)c(F)c3)cc2)C1=O.Cl. The fraction of sp³-hybridized carbons (Fsp3) is 0.250. The topological polar surface area (TPSA) is 99.7 Å². The van der Waals surface area contributed by atoms with Crippen LogP contribution < -0.4 is 10.6 Å². The number of hydrogen-bond donors (Lipinski definition) is 2. The van der Waals surface area contributed by atoms with E-state index in [0.29, 0.717) is 25.2 Å². The molecular weight excluding hydrogens is 399 g/mol. The van der Waals surface area contributed by atoms with Crippen molar-refractivity contribution in [3.63, 3.8) is 0 Å². The molecule has 2 amide bonds. The predicted octanol–water partition coefficient (Wildman–Crippen LogP) is 3.00. The molecule has 0 radical (unpaired) electrons. The zero-order chi connectivity index (χ0) is 20.3. The molecule has 0 saturated carbocycles. The summed E-state index contributed by atoms with van der Waals surface area (Å²) in [5, 5.41) is 7.35. The standard InChI is InChI=1S/C20H21FN4O3.ClH/c1-28-18(26)8-9-24-10-11-25(20(24)27)15-5-2-13(3-6-15)14-4-7-16(19(22)23)17(21)12-14;/h2-7,12H,8-11H2,1H3,(H3,22,23);1H. The quantitative estimate of drug-likeness (QED) is 0.426. The Kier molecular flexibility index (Phi) is 7.17. The molecule has 0 bridgehead atoms. The molecule has 1 saturated heterocycles. The van der Waals surface area contributed by atoms with E-state index < -0.39 is 5.82 Å². The third kappa shape index (κ3) is 4.83. The van der Waals surface area contributed by atoms with Crippen LogP contribution in [-0.2, 0) is 9.53 Å². The van der Waals surface area contributed by atoms with Crippen molar-refractivity contribution in [3.8, 4) is 11.1 Å². The van der Waals surface area contributed by atoms with Crippen molar-refractivity contribution in [2.24, 2.45) is 5.73 Å². The Hall–Kier alpha value is -3.13. The van der Waals surface area contributed by atoms with Gasteiger partial charge in [-0.3, -0.25) is 15.1 Å². The van der Waals surface area contributed by atoms with Gasteiger partial charge < -0.3 is 15.4 Å². The van der Waals surface area contributed by atoms with E-state index in [-0.39, 0.29) is 42.2 Å². The molecule has 29 heavy (non-hydrogen) atoms. The number of amidine groups is 1. The normalized spacial score (nSPS) is 13.2. The molecule has 154 valence electrons. The number of carbonyl (C=O) groups excluding carboxylic acids is 2. The number of ether oxygens (including phenoxy) is 1. The van der Waals surface area contributed by atoms with Gasteiger partial charge in [-0.05, 0) is 35.4 Å². The minimum atomic E-state index is -0.551. The van der Waals surface area contributed by atoms with Crippen LogP contribution in [0.25, 0.3) is 11.1 Å². The number of halogens is 2. The number of hydrogen-bond acceptors (Lipinski definition) is 4. The van der Waals surface area contributed by atoms with Gasteiger partial charge in [0.1, 0.15) is 11.7 Å². The van der Waals surface area contributed by atoms with Crippen LogP contribution in [0.1, 0.15) is 12.0 Å². The summed E-state index contributed by atoms with van der Waals surface area (Å²) in [5.41, 5.74) is 7.57. The van der Waals surface area contributed by atoms with E-state index in [0.717, 1.165) is 11.3 Å². The van der Waals surface area contributed by atoms with Gasteiger partial charge in [0, 0.05) is 25.3 Å². The number of nitrogens with zero attached hydrogens (tertiary/aromatic N) is 2. The van der Waals surface area contributed by atoms with Crippen molar-refractivity contribution >= 4 is 35.9 Å². The van der Waals surface area contributed by atoms with Crippen LogP contribution in [0.15, 0.2) is 42.5 Å². The summed E-state index contributed by atoms with van der Waals surface area (Å²) >= 11 is 0. The number of carbonyl (C=O) groups is 2. The fourth-order valence-electron chi connectivity index (χ4n) is 3.10. The van der Waals surface area contributed by atoms with Gasteiger partial charge in [-0.15, -0.1) is 12.4 Å². The molecule has 1 aliphatic rings. The van der Waals surface area contributed by atoms with E-state index in [9.17, 15) is 14.0 Å². The molecule has 3 rings (SSSR count). The van der Waals surface area contributed by atoms with Gasteiger partial charge in [0.05, 0.1) is 19.1 Å². The highest BCUT2D eigenvalue weighted by atomic mass is 35.5. The van der Waals surface area contributed by atoms with E-state index in [2.05, 4.69) is 4.74 Å². The lowest BCUT2D eigenvalue weighted by atomic mass is 10.0. The van der Waals surface area contributed by atoms with Crippen LogP contribution in [0, 0.1) is 11.2 Å². The zero-order valence-corrected chi connectivity index (χ0v) is 16.7. The average Bonchev–Trinajstić information content (AvgIpc) is 3.06. The molecular formula is C20H22ClFN4O3. The summed E-state index contributed by atoms with van der Waals surface area (Å²) in [6.07, 6.45) is 0.164. The number of nitrogens with two attached hydrogens (primary N) is 1. The van der Waals surface area contributed by atoms with Crippen LogP contribution in [0.4, 0.5) is 14.9 Å². The summed E-state index contributed by atoms with van der Waals surface area (Å²) in [6, 6.07) is 11.6. The lowest BCUT2D eigenvalue weighted by Gasteiger charge is -2.18. The first-order chi connectivity index (χ1) is 13.4. The number of anilines is 1. The van der Waals surface area contributed by atoms with Gasteiger partial charge in [-0.2, -0.15) is 0 Å². The van der Waals surface area contributed by atoms with E-state index >= 15 is 0 Å². The Morgan fingerprint density at radius 3 is 2.41 bits per heavy atom. The molecule has 7 nitrogen and oxygen atoms in total. The van der Waals surface area contributed by atoms with E-state index in [1.165, 1.54) is 19.2 Å². The molecule has 0 spiro atoms. The van der Waals surface area contributed by atoms with Crippen molar-refractivity contribution in [2.75, 3.05) is 31.6 Å². The van der Waals surface area contributed by atoms with Crippen LogP contribution in [0.3, 0.4) is 0 Å². The van der Waals surface area contributed by atoms with Crippen molar-refractivity contribution in [1.82, 2.24) is 4.90 Å². The summed E-state index contributed by atoms with van der Waals surface area (Å²) in [5.74, 6) is -1.22. The molecule has 1 heterocycles. The number of nitrogen functional groups attached to an aromatic ring is 1. The van der Waals surface area contributed by atoms with Gasteiger partial charge in [-0.25, -0.2) is 9.18 Å². The predicted molar refractivity (Wildman–Crippen MR) is 111 cm³/mol. The van der Waals surface area contributed by atoms with Gasteiger partial charge in [-0.1, -0.05) is 18.2 Å². The Labute approximate surface area is 174 Å². The maximum absolute atomic E-state index is 14.0. The first-order valence-corrected chi connectivity index (χ1v) is 8.78. The second-order valence-electron chi connectivity index (χ2n) is 6.40.